The lowest BCUT2D eigenvalue weighted by Crippen LogP contribution is -2.48. The molecule has 13 rings (SSSR count). The van der Waals surface area contributed by atoms with Gasteiger partial charge in [-0.2, -0.15) is 0 Å². The van der Waals surface area contributed by atoms with E-state index in [1.54, 1.807) is 5.56 Å². The SMILES string of the molecule is Cc1ccc(N(c2ccc(C)cc2)c2cccc(-c3ccc(-c4ccc(N(c5ccc(-c6ccccc6)cc5)c5ccc(-c6ccc(C78CC9CC(CC(C9)C7)C8)cc6)cc5)cc4)cc3)c2)cc1. The molecular formula is C66H58N2. The summed E-state index contributed by atoms with van der Waals surface area (Å²) in [5.41, 5.74) is 21.0. The van der Waals surface area contributed by atoms with Crippen LogP contribution >= 0.6 is 0 Å². The fraction of sp³-hybridized carbons (Fsp3) is 0.182. The monoisotopic (exact) mass is 878 g/mol. The lowest BCUT2D eigenvalue weighted by Gasteiger charge is -2.57. The van der Waals surface area contributed by atoms with Crippen LogP contribution in [0.25, 0.3) is 44.5 Å². The maximum Gasteiger partial charge on any atom is 0.0467 e. The Labute approximate surface area is 403 Å². The van der Waals surface area contributed by atoms with Gasteiger partial charge in [-0.05, 0) is 198 Å². The predicted octanol–water partition coefficient (Wildman–Crippen LogP) is 18.4. The molecule has 2 nitrogen and oxygen atoms in total. The summed E-state index contributed by atoms with van der Waals surface area (Å²) in [7, 11) is 0. The summed E-state index contributed by atoms with van der Waals surface area (Å²) in [6.45, 7) is 4.28. The van der Waals surface area contributed by atoms with E-state index in [1.165, 1.54) is 94.2 Å². The zero-order chi connectivity index (χ0) is 45.6. The third-order valence-corrected chi connectivity index (χ3v) is 15.6. The fourth-order valence-electron chi connectivity index (χ4n) is 12.5. The molecule has 0 heterocycles. The Kier molecular flexibility index (Phi) is 10.9. The van der Waals surface area contributed by atoms with Gasteiger partial charge in [-0.25, -0.2) is 0 Å². The number of aryl methyl sites for hydroxylation is 2. The molecule has 0 aliphatic heterocycles. The number of hydrogen-bond donors (Lipinski definition) is 0. The van der Waals surface area contributed by atoms with Gasteiger partial charge in [0, 0.05) is 34.1 Å². The molecule has 0 atom stereocenters. The molecular weight excluding hydrogens is 821 g/mol. The van der Waals surface area contributed by atoms with Crippen LogP contribution in [-0.4, -0.2) is 0 Å². The first-order chi connectivity index (χ1) is 33.4. The van der Waals surface area contributed by atoms with Gasteiger partial charge in [0.2, 0.25) is 0 Å². The van der Waals surface area contributed by atoms with Crippen molar-refractivity contribution in [2.75, 3.05) is 9.80 Å². The molecule has 332 valence electrons. The Morgan fingerprint density at radius 3 is 1.01 bits per heavy atom. The first-order valence-electron chi connectivity index (χ1n) is 24.8. The minimum absolute atomic E-state index is 0.424. The molecule has 9 aromatic rings. The van der Waals surface area contributed by atoms with Crippen LogP contribution in [0.5, 0.6) is 0 Å². The number of rotatable bonds is 11. The van der Waals surface area contributed by atoms with Crippen molar-refractivity contribution in [2.24, 2.45) is 17.8 Å². The Morgan fingerprint density at radius 1 is 0.294 bits per heavy atom. The predicted molar refractivity (Wildman–Crippen MR) is 287 cm³/mol. The Morgan fingerprint density at radius 2 is 0.603 bits per heavy atom. The van der Waals surface area contributed by atoms with E-state index in [0.29, 0.717) is 5.41 Å². The summed E-state index contributed by atoms with van der Waals surface area (Å²) < 4.78 is 0. The second-order valence-corrected chi connectivity index (χ2v) is 20.3. The summed E-state index contributed by atoms with van der Waals surface area (Å²) in [6, 6.07) is 83.0. The molecule has 9 aromatic carbocycles. The summed E-state index contributed by atoms with van der Waals surface area (Å²) in [5, 5.41) is 0. The summed E-state index contributed by atoms with van der Waals surface area (Å²) in [5.74, 6) is 2.86. The van der Waals surface area contributed by atoms with E-state index in [1.807, 2.05) is 0 Å². The summed E-state index contributed by atoms with van der Waals surface area (Å²) >= 11 is 0. The second-order valence-electron chi connectivity index (χ2n) is 20.3. The smallest absolute Gasteiger partial charge is 0.0467 e. The molecule has 4 saturated carbocycles. The first kappa shape index (κ1) is 42.0. The normalized spacial score (nSPS) is 19.2. The molecule has 4 bridgehead atoms. The third kappa shape index (κ3) is 8.23. The van der Waals surface area contributed by atoms with Crippen LogP contribution in [0.2, 0.25) is 0 Å². The van der Waals surface area contributed by atoms with Crippen molar-refractivity contribution >= 4 is 34.1 Å². The van der Waals surface area contributed by atoms with Crippen molar-refractivity contribution in [3.63, 3.8) is 0 Å². The average Bonchev–Trinajstić information content (AvgIpc) is 3.38. The van der Waals surface area contributed by atoms with Gasteiger partial charge >= 0.3 is 0 Å². The fourth-order valence-corrected chi connectivity index (χ4v) is 12.5. The van der Waals surface area contributed by atoms with E-state index in [9.17, 15) is 0 Å². The minimum Gasteiger partial charge on any atom is -0.311 e. The van der Waals surface area contributed by atoms with Gasteiger partial charge < -0.3 is 9.80 Å². The Hall–Kier alpha value is -7.42. The minimum atomic E-state index is 0.424. The Bertz CT molecular complexity index is 3070. The van der Waals surface area contributed by atoms with E-state index < -0.39 is 0 Å². The highest BCUT2D eigenvalue weighted by Crippen LogP contribution is 2.61. The number of nitrogens with zero attached hydrogens (tertiary/aromatic N) is 2. The van der Waals surface area contributed by atoms with E-state index in [4.69, 9.17) is 0 Å². The molecule has 2 heteroatoms. The molecule has 0 radical (unpaired) electrons. The lowest BCUT2D eigenvalue weighted by molar-refractivity contribution is -0.00518. The molecule has 4 aliphatic rings. The van der Waals surface area contributed by atoms with Gasteiger partial charge in [0.25, 0.3) is 0 Å². The molecule has 0 N–H and O–H groups in total. The molecule has 0 unspecified atom stereocenters. The topological polar surface area (TPSA) is 6.48 Å². The van der Waals surface area contributed by atoms with Crippen molar-refractivity contribution in [1.82, 2.24) is 0 Å². The van der Waals surface area contributed by atoms with Gasteiger partial charge in [0.1, 0.15) is 0 Å². The zero-order valence-electron chi connectivity index (χ0n) is 39.2. The van der Waals surface area contributed by atoms with E-state index in [-0.39, 0.29) is 0 Å². The van der Waals surface area contributed by atoms with Gasteiger partial charge in [-0.15, -0.1) is 0 Å². The van der Waals surface area contributed by atoms with E-state index in [2.05, 4.69) is 248 Å². The summed E-state index contributed by atoms with van der Waals surface area (Å²) in [4.78, 5) is 4.72. The largest absolute Gasteiger partial charge is 0.311 e. The maximum atomic E-state index is 2.47. The number of hydrogen-bond acceptors (Lipinski definition) is 2. The van der Waals surface area contributed by atoms with Crippen LogP contribution in [0.1, 0.15) is 55.2 Å². The van der Waals surface area contributed by atoms with Crippen LogP contribution < -0.4 is 9.80 Å². The lowest BCUT2D eigenvalue weighted by atomic mass is 9.48. The highest BCUT2D eigenvalue weighted by molar-refractivity contribution is 5.83. The first-order valence-corrected chi connectivity index (χ1v) is 24.8. The van der Waals surface area contributed by atoms with Crippen molar-refractivity contribution < 1.29 is 0 Å². The number of benzene rings is 9. The molecule has 0 amide bonds. The zero-order valence-corrected chi connectivity index (χ0v) is 39.2. The third-order valence-electron chi connectivity index (χ3n) is 15.6. The van der Waals surface area contributed by atoms with Gasteiger partial charge in [-0.1, -0.05) is 163 Å². The van der Waals surface area contributed by atoms with Crippen LogP contribution in [0.4, 0.5) is 34.1 Å². The van der Waals surface area contributed by atoms with Crippen LogP contribution in [0, 0.1) is 31.6 Å². The molecule has 68 heavy (non-hydrogen) atoms. The van der Waals surface area contributed by atoms with Crippen LogP contribution in [-0.2, 0) is 5.41 Å². The highest BCUT2D eigenvalue weighted by Gasteiger charge is 2.51. The molecule has 4 aliphatic carbocycles. The van der Waals surface area contributed by atoms with Crippen molar-refractivity contribution in [2.45, 2.75) is 57.8 Å². The van der Waals surface area contributed by atoms with Crippen molar-refractivity contribution in [3.8, 4) is 44.5 Å². The second kappa shape index (κ2) is 17.7. The standard InChI is InChI=1S/C66H58N2/c1-46-11-29-60(30-12-46)68(61-31-13-47(2)14-32-61)65-10-6-9-58(42-65)57-17-15-52(16-18-57)55-23-35-63(36-24-55)67(62-33-21-54(22-34-62)51-7-4-3-5-8-51)64-37-25-56(26-38-64)53-19-27-59(28-20-53)66-43-48-39-49(44-66)41-50(40-48)45-66/h3-38,42,48-50H,39-41,43-45H2,1-2H3. The van der Waals surface area contributed by atoms with Crippen LogP contribution in [0.15, 0.2) is 224 Å². The quantitative estimate of drug-likeness (QED) is 0.128. The van der Waals surface area contributed by atoms with E-state index >= 15 is 0 Å². The Balaban J connectivity index is 0.813. The van der Waals surface area contributed by atoms with Gasteiger partial charge in [0.15, 0.2) is 0 Å². The van der Waals surface area contributed by atoms with E-state index in [0.717, 1.165) is 51.9 Å². The van der Waals surface area contributed by atoms with Gasteiger partial charge in [0.05, 0.1) is 0 Å². The molecule has 0 saturated heterocycles. The molecule has 0 aromatic heterocycles. The van der Waals surface area contributed by atoms with Crippen molar-refractivity contribution in [1.29, 1.82) is 0 Å². The van der Waals surface area contributed by atoms with Crippen LogP contribution in [0.3, 0.4) is 0 Å². The van der Waals surface area contributed by atoms with Crippen molar-refractivity contribution in [3.05, 3.63) is 241 Å². The number of anilines is 6. The molecule has 0 spiro atoms. The maximum absolute atomic E-state index is 2.47. The van der Waals surface area contributed by atoms with Gasteiger partial charge in [-0.3, -0.25) is 0 Å². The summed E-state index contributed by atoms with van der Waals surface area (Å²) in [6.07, 6.45) is 8.66. The molecule has 4 fully saturated rings. The highest BCUT2D eigenvalue weighted by atomic mass is 15.1. The average molecular weight is 879 g/mol.